The first-order valence-corrected chi connectivity index (χ1v) is 9.51. The molecule has 148 valence electrons. The van der Waals surface area contributed by atoms with E-state index in [2.05, 4.69) is 5.32 Å². The maximum atomic E-state index is 12.8. The molecule has 8 heteroatoms. The van der Waals surface area contributed by atoms with E-state index in [4.69, 9.17) is 0 Å². The zero-order valence-electron chi connectivity index (χ0n) is 16.0. The molecule has 0 radical (unpaired) electrons. The summed E-state index contributed by atoms with van der Waals surface area (Å²) in [6.07, 6.45) is 3.92. The SMILES string of the molecule is Cc1ccn(CC(C)(O)C(=O)N2CCC(N3CCCNC3=O)CC2)c(=O)c1. The number of urea groups is 1. The van der Waals surface area contributed by atoms with Gasteiger partial charge in [-0.1, -0.05) is 0 Å². The maximum absolute atomic E-state index is 12.8. The fraction of sp³-hybridized carbons (Fsp3) is 0.632. The van der Waals surface area contributed by atoms with Gasteiger partial charge in [0.1, 0.15) is 0 Å². The van der Waals surface area contributed by atoms with Gasteiger partial charge in [-0.05, 0) is 44.7 Å². The Morgan fingerprint density at radius 1 is 1.30 bits per heavy atom. The summed E-state index contributed by atoms with van der Waals surface area (Å²) in [4.78, 5) is 40.3. The lowest BCUT2D eigenvalue weighted by Crippen LogP contribution is -2.57. The highest BCUT2D eigenvalue weighted by atomic mass is 16.3. The molecule has 3 heterocycles. The van der Waals surface area contributed by atoms with Crippen molar-refractivity contribution >= 4 is 11.9 Å². The molecule has 0 aliphatic carbocycles. The molecule has 2 aliphatic heterocycles. The molecule has 8 nitrogen and oxygen atoms in total. The number of aliphatic hydroxyl groups is 1. The van der Waals surface area contributed by atoms with Gasteiger partial charge < -0.3 is 24.8 Å². The Morgan fingerprint density at radius 2 is 2.00 bits per heavy atom. The largest absolute Gasteiger partial charge is 0.378 e. The Balaban J connectivity index is 1.60. The summed E-state index contributed by atoms with van der Waals surface area (Å²) < 4.78 is 1.36. The Bertz CT molecular complexity index is 765. The number of amides is 3. The minimum Gasteiger partial charge on any atom is -0.378 e. The molecule has 1 aromatic rings. The number of aromatic nitrogens is 1. The van der Waals surface area contributed by atoms with Crippen molar-refractivity contribution in [2.75, 3.05) is 26.2 Å². The first-order chi connectivity index (χ1) is 12.8. The van der Waals surface area contributed by atoms with Crippen molar-refractivity contribution in [3.63, 3.8) is 0 Å². The van der Waals surface area contributed by atoms with Gasteiger partial charge in [0.2, 0.25) is 0 Å². The molecule has 2 saturated heterocycles. The van der Waals surface area contributed by atoms with Gasteiger partial charge >= 0.3 is 6.03 Å². The predicted octanol–water partition coefficient (Wildman–Crippen LogP) is 0.314. The fourth-order valence-electron chi connectivity index (χ4n) is 3.85. The number of aryl methyl sites for hydroxylation is 1. The zero-order chi connectivity index (χ0) is 19.6. The van der Waals surface area contributed by atoms with Crippen molar-refractivity contribution in [2.45, 2.75) is 51.3 Å². The molecule has 2 N–H and O–H groups in total. The molecule has 2 fully saturated rings. The summed E-state index contributed by atoms with van der Waals surface area (Å²) in [5, 5.41) is 13.6. The van der Waals surface area contributed by atoms with Crippen LogP contribution in [0.25, 0.3) is 0 Å². The van der Waals surface area contributed by atoms with E-state index in [0.717, 1.165) is 18.5 Å². The molecule has 0 saturated carbocycles. The average Bonchev–Trinajstić information content (AvgIpc) is 2.64. The van der Waals surface area contributed by atoms with Gasteiger partial charge in [0, 0.05) is 44.5 Å². The average molecular weight is 376 g/mol. The van der Waals surface area contributed by atoms with Crippen LogP contribution in [0.3, 0.4) is 0 Å². The molecular weight excluding hydrogens is 348 g/mol. The van der Waals surface area contributed by atoms with Crippen LogP contribution in [0.5, 0.6) is 0 Å². The van der Waals surface area contributed by atoms with Gasteiger partial charge in [-0.15, -0.1) is 0 Å². The number of piperidine rings is 1. The van der Waals surface area contributed by atoms with E-state index in [0.29, 0.717) is 32.5 Å². The Hall–Kier alpha value is -2.35. The van der Waals surface area contributed by atoms with Gasteiger partial charge in [0.15, 0.2) is 5.60 Å². The van der Waals surface area contributed by atoms with Crippen molar-refractivity contribution in [3.8, 4) is 0 Å². The van der Waals surface area contributed by atoms with Gasteiger partial charge in [-0.25, -0.2) is 4.79 Å². The molecule has 1 atom stereocenters. The maximum Gasteiger partial charge on any atom is 0.317 e. The van der Waals surface area contributed by atoms with Gasteiger partial charge in [-0.2, -0.15) is 0 Å². The van der Waals surface area contributed by atoms with Crippen LogP contribution in [0.2, 0.25) is 0 Å². The Kier molecular flexibility index (Phi) is 5.55. The second-order valence-electron chi connectivity index (χ2n) is 7.75. The van der Waals surface area contributed by atoms with Crippen molar-refractivity contribution < 1.29 is 14.7 Å². The Labute approximate surface area is 158 Å². The molecule has 2 aliphatic rings. The normalized spacial score (nSPS) is 20.9. The quantitative estimate of drug-likeness (QED) is 0.791. The number of nitrogens with one attached hydrogen (secondary N) is 1. The van der Waals surface area contributed by atoms with Crippen molar-refractivity contribution in [1.82, 2.24) is 19.7 Å². The van der Waals surface area contributed by atoms with Crippen molar-refractivity contribution in [3.05, 3.63) is 34.2 Å². The third-order valence-electron chi connectivity index (χ3n) is 5.40. The minimum absolute atomic E-state index is 0.0308. The third-order valence-corrected chi connectivity index (χ3v) is 5.40. The van der Waals surface area contributed by atoms with Crippen LogP contribution in [0.4, 0.5) is 4.79 Å². The summed E-state index contributed by atoms with van der Waals surface area (Å²) in [5.41, 5.74) is -1.06. The second-order valence-corrected chi connectivity index (χ2v) is 7.75. The fourth-order valence-corrected chi connectivity index (χ4v) is 3.85. The number of hydrogen-bond acceptors (Lipinski definition) is 4. The number of carbonyl (C=O) groups excluding carboxylic acids is 2. The number of carbonyl (C=O) groups is 2. The van der Waals surface area contributed by atoms with Gasteiger partial charge in [-0.3, -0.25) is 9.59 Å². The first-order valence-electron chi connectivity index (χ1n) is 9.51. The van der Waals surface area contributed by atoms with Crippen LogP contribution in [0.15, 0.2) is 23.1 Å². The number of hydrogen-bond donors (Lipinski definition) is 2. The lowest BCUT2D eigenvalue weighted by atomic mass is 9.98. The number of nitrogens with zero attached hydrogens (tertiary/aromatic N) is 3. The molecule has 3 amide bonds. The van der Waals surface area contributed by atoms with Crippen molar-refractivity contribution in [1.29, 1.82) is 0 Å². The third kappa shape index (κ3) is 4.32. The standard InChI is InChI=1S/C19H28N4O4/c1-14-4-9-22(16(24)12-14)13-19(2,27)17(25)21-10-5-15(6-11-21)23-8-3-7-20-18(23)26/h4,9,12,15,27H,3,5-8,10-11,13H2,1-2H3,(H,20,26). The monoisotopic (exact) mass is 376 g/mol. The molecular formula is C19H28N4O4. The van der Waals surface area contributed by atoms with Crippen LogP contribution in [0, 0.1) is 6.92 Å². The first kappa shape index (κ1) is 19.4. The highest BCUT2D eigenvalue weighted by molar-refractivity contribution is 5.84. The van der Waals surface area contributed by atoms with Crippen LogP contribution in [0.1, 0.15) is 31.7 Å². The molecule has 0 bridgehead atoms. The van der Waals surface area contributed by atoms with E-state index in [1.807, 2.05) is 11.8 Å². The van der Waals surface area contributed by atoms with E-state index >= 15 is 0 Å². The minimum atomic E-state index is -1.66. The number of likely N-dealkylation sites (tertiary alicyclic amines) is 1. The van der Waals surface area contributed by atoms with Crippen molar-refractivity contribution in [2.24, 2.45) is 0 Å². The Morgan fingerprint density at radius 3 is 2.63 bits per heavy atom. The van der Waals surface area contributed by atoms with Crippen LogP contribution < -0.4 is 10.9 Å². The van der Waals surface area contributed by atoms with E-state index in [9.17, 15) is 19.5 Å². The lowest BCUT2D eigenvalue weighted by molar-refractivity contribution is -0.152. The second kappa shape index (κ2) is 7.72. The zero-order valence-corrected chi connectivity index (χ0v) is 16.0. The van der Waals surface area contributed by atoms with Gasteiger partial charge in [0.05, 0.1) is 6.54 Å². The summed E-state index contributed by atoms with van der Waals surface area (Å²) >= 11 is 0. The number of rotatable bonds is 4. The summed E-state index contributed by atoms with van der Waals surface area (Å²) in [5.74, 6) is -0.378. The smallest absolute Gasteiger partial charge is 0.317 e. The summed E-state index contributed by atoms with van der Waals surface area (Å²) in [6, 6.07) is 3.35. The topological polar surface area (TPSA) is 94.9 Å². The highest BCUT2D eigenvalue weighted by Gasteiger charge is 2.38. The summed E-state index contributed by atoms with van der Waals surface area (Å²) in [6.45, 7) is 5.64. The molecule has 1 aromatic heterocycles. The molecule has 3 rings (SSSR count). The lowest BCUT2D eigenvalue weighted by Gasteiger charge is -2.41. The summed E-state index contributed by atoms with van der Waals surface area (Å²) in [7, 11) is 0. The van der Waals surface area contributed by atoms with Gasteiger partial charge in [0.25, 0.3) is 11.5 Å². The van der Waals surface area contributed by atoms with Crippen LogP contribution in [-0.4, -0.2) is 69.2 Å². The molecule has 0 aromatic carbocycles. The van der Waals surface area contributed by atoms with E-state index in [1.165, 1.54) is 17.6 Å². The number of pyridine rings is 1. The predicted molar refractivity (Wildman–Crippen MR) is 100 cm³/mol. The van der Waals surface area contributed by atoms with E-state index in [1.54, 1.807) is 17.2 Å². The molecule has 0 spiro atoms. The van der Waals surface area contributed by atoms with Crippen LogP contribution >= 0.6 is 0 Å². The van der Waals surface area contributed by atoms with E-state index < -0.39 is 5.60 Å². The van der Waals surface area contributed by atoms with E-state index in [-0.39, 0.29) is 30.1 Å². The molecule has 27 heavy (non-hydrogen) atoms. The van der Waals surface area contributed by atoms with Crippen LogP contribution in [-0.2, 0) is 11.3 Å². The molecule has 1 unspecified atom stereocenters. The highest BCUT2D eigenvalue weighted by Crippen LogP contribution is 2.21.